The molecule has 0 aliphatic rings. The summed E-state index contributed by atoms with van der Waals surface area (Å²) in [7, 11) is -2.41. The summed E-state index contributed by atoms with van der Waals surface area (Å²) in [5.41, 5.74) is 1.27. The molecule has 0 amide bonds. The van der Waals surface area contributed by atoms with Gasteiger partial charge in [-0.05, 0) is 41.3 Å². The number of ether oxygens (including phenoxy) is 1. The SMILES string of the molecule is COc1ccc(Br)cc1S(=O)(=O)Nc1ccc(C(C)(C)C)cc1Cl. The number of hydrogen-bond donors (Lipinski definition) is 1. The van der Waals surface area contributed by atoms with Crippen LogP contribution in [0.4, 0.5) is 5.69 Å². The fourth-order valence-corrected chi connectivity index (χ4v) is 4.20. The molecule has 0 heterocycles. The van der Waals surface area contributed by atoms with Crippen LogP contribution in [0.3, 0.4) is 0 Å². The van der Waals surface area contributed by atoms with E-state index in [0.717, 1.165) is 5.56 Å². The van der Waals surface area contributed by atoms with Gasteiger partial charge in [0.25, 0.3) is 10.0 Å². The van der Waals surface area contributed by atoms with Gasteiger partial charge in [-0.15, -0.1) is 0 Å². The van der Waals surface area contributed by atoms with Crippen LogP contribution in [0.25, 0.3) is 0 Å². The molecule has 0 aliphatic heterocycles. The highest BCUT2D eigenvalue weighted by molar-refractivity contribution is 9.10. The second-order valence-electron chi connectivity index (χ2n) is 6.35. The maximum atomic E-state index is 12.7. The smallest absolute Gasteiger partial charge is 0.265 e. The van der Waals surface area contributed by atoms with E-state index in [2.05, 4.69) is 41.4 Å². The number of rotatable bonds is 4. The van der Waals surface area contributed by atoms with Gasteiger partial charge < -0.3 is 4.74 Å². The van der Waals surface area contributed by atoms with Crippen LogP contribution in [-0.4, -0.2) is 15.5 Å². The summed E-state index contributed by atoms with van der Waals surface area (Å²) in [5.74, 6) is 0.258. The van der Waals surface area contributed by atoms with Gasteiger partial charge in [0.2, 0.25) is 0 Å². The Morgan fingerprint density at radius 2 is 1.79 bits per heavy atom. The van der Waals surface area contributed by atoms with Crippen LogP contribution >= 0.6 is 27.5 Å². The van der Waals surface area contributed by atoms with Crippen LogP contribution in [0.1, 0.15) is 26.3 Å². The van der Waals surface area contributed by atoms with Crippen molar-refractivity contribution in [2.24, 2.45) is 0 Å². The normalized spacial score (nSPS) is 12.1. The minimum absolute atomic E-state index is 0.0374. The van der Waals surface area contributed by atoms with Crippen LogP contribution in [0, 0.1) is 0 Å². The lowest BCUT2D eigenvalue weighted by Gasteiger charge is -2.20. The first kappa shape index (κ1) is 19.1. The molecule has 7 heteroatoms. The zero-order valence-corrected chi connectivity index (χ0v) is 17.0. The molecule has 1 N–H and O–H groups in total. The quantitative estimate of drug-likeness (QED) is 0.721. The summed E-state index contributed by atoms with van der Waals surface area (Å²) >= 11 is 9.54. The number of halogens is 2. The van der Waals surface area contributed by atoms with Crippen LogP contribution in [-0.2, 0) is 15.4 Å². The van der Waals surface area contributed by atoms with Gasteiger partial charge in [-0.3, -0.25) is 4.72 Å². The molecule has 0 radical (unpaired) electrons. The molecular formula is C17H19BrClNO3S. The molecule has 0 fully saturated rings. The van der Waals surface area contributed by atoms with Crippen molar-refractivity contribution in [3.8, 4) is 5.75 Å². The first-order valence-corrected chi connectivity index (χ1v) is 9.86. The summed E-state index contributed by atoms with van der Waals surface area (Å²) in [5, 5.41) is 0.347. The van der Waals surface area contributed by atoms with Gasteiger partial charge in [-0.25, -0.2) is 8.42 Å². The lowest BCUT2D eigenvalue weighted by Crippen LogP contribution is -2.15. The number of benzene rings is 2. The fraction of sp³-hybridized carbons (Fsp3) is 0.294. The summed E-state index contributed by atoms with van der Waals surface area (Å²) in [6.07, 6.45) is 0. The molecular weight excluding hydrogens is 414 g/mol. The minimum atomic E-state index is -3.84. The van der Waals surface area contributed by atoms with E-state index < -0.39 is 10.0 Å². The minimum Gasteiger partial charge on any atom is -0.495 e. The van der Waals surface area contributed by atoms with Gasteiger partial charge in [0.15, 0.2) is 0 Å². The number of methoxy groups -OCH3 is 1. The summed E-state index contributed by atoms with van der Waals surface area (Å²) in [6, 6.07) is 10.1. The first-order valence-electron chi connectivity index (χ1n) is 7.21. The maximum absolute atomic E-state index is 12.7. The molecule has 4 nitrogen and oxygen atoms in total. The van der Waals surface area contributed by atoms with E-state index in [9.17, 15) is 8.42 Å². The van der Waals surface area contributed by atoms with Crippen molar-refractivity contribution in [1.82, 2.24) is 0 Å². The summed E-state index contributed by atoms with van der Waals surface area (Å²) in [6.45, 7) is 6.19. The van der Waals surface area contributed by atoms with Crippen molar-refractivity contribution in [3.63, 3.8) is 0 Å². The molecule has 0 unspecified atom stereocenters. The number of nitrogens with one attached hydrogen (secondary N) is 1. The summed E-state index contributed by atoms with van der Waals surface area (Å²) < 4.78 is 33.7. The maximum Gasteiger partial charge on any atom is 0.265 e. The van der Waals surface area contributed by atoms with Crippen molar-refractivity contribution < 1.29 is 13.2 Å². The van der Waals surface area contributed by atoms with E-state index in [-0.39, 0.29) is 16.1 Å². The highest BCUT2D eigenvalue weighted by Gasteiger charge is 2.22. The molecule has 2 aromatic rings. The van der Waals surface area contributed by atoms with Gasteiger partial charge >= 0.3 is 0 Å². The molecule has 0 spiro atoms. The van der Waals surface area contributed by atoms with Gasteiger partial charge in [-0.1, -0.05) is 54.4 Å². The van der Waals surface area contributed by atoms with Crippen molar-refractivity contribution in [2.75, 3.05) is 11.8 Å². The molecule has 130 valence electrons. The van der Waals surface area contributed by atoms with E-state index in [0.29, 0.717) is 15.2 Å². The highest BCUT2D eigenvalue weighted by Crippen LogP contribution is 2.33. The zero-order valence-electron chi connectivity index (χ0n) is 13.9. The topological polar surface area (TPSA) is 55.4 Å². The molecule has 0 saturated carbocycles. The van der Waals surface area contributed by atoms with Crippen molar-refractivity contribution in [2.45, 2.75) is 31.1 Å². The number of hydrogen-bond acceptors (Lipinski definition) is 3. The van der Waals surface area contributed by atoms with Crippen molar-refractivity contribution in [1.29, 1.82) is 0 Å². The van der Waals surface area contributed by atoms with E-state index in [1.807, 2.05) is 6.07 Å². The van der Waals surface area contributed by atoms with Gasteiger partial charge in [0, 0.05) is 4.47 Å². The van der Waals surface area contributed by atoms with Crippen LogP contribution in [0.2, 0.25) is 5.02 Å². The van der Waals surface area contributed by atoms with Crippen LogP contribution in [0.15, 0.2) is 45.8 Å². The second kappa shape index (κ2) is 6.94. The molecule has 2 aromatic carbocycles. The van der Waals surface area contributed by atoms with Gasteiger partial charge in [-0.2, -0.15) is 0 Å². The third-order valence-electron chi connectivity index (χ3n) is 3.49. The summed E-state index contributed by atoms with van der Waals surface area (Å²) in [4.78, 5) is 0.0374. The Morgan fingerprint density at radius 3 is 2.33 bits per heavy atom. The third kappa shape index (κ3) is 4.23. The molecule has 2 rings (SSSR count). The molecule has 24 heavy (non-hydrogen) atoms. The van der Waals surface area contributed by atoms with Gasteiger partial charge in [0.1, 0.15) is 10.6 Å². The van der Waals surface area contributed by atoms with Crippen molar-refractivity contribution in [3.05, 3.63) is 51.5 Å². The van der Waals surface area contributed by atoms with E-state index in [1.54, 1.807) is 24.3 Å². The Labute approximate surface area is 156 Å². The first-order chi connectivity index (χ1) is 11.0. The Kier molecular flexibility index (Phi) is 5.52. The largest absolute Gasteiger partial charge is 0.495 e. The van der Waals surface area contributed by atoms with Crippen molar-refractivity contribution >= 4 is 43.2 Å². The Hall–Kier alpha value is -1.24. The molecule has 0 saturated heterocycles. The van der Waals surface area contributed by atoms with E-state index >= 15 is 0 Å². The Balaban J connectivity index is 2.42. The lowest BCUT2D eigenvalue weighted by atomic mass is 9.87. The highest BCUT2D eigenvalue weighted by atomic mass is 79.9. The zero-order chi connectivity index (χ0) is 18.1. The number of sulfonamides is 1. The predicted octanol–water partition coefficient (Wildman–Crippen LogP) is 5.21. The molecule has 0 aliphatic carbocycles. The van der Waals surface area contributed by atoms with Gasteiger partial charge in [0.05, 0.1) is 17.8 Å². The molecule has 0 bridgehead atoms. The Morgan fingerprint density at radius 1 is 1.12 bits per heavy atom. The monoisotopic (exact) mass is 431 g/mol. The second-order valence-corrected chi connectivity index (χ2v) is 9.32. The lowest BCUT2D eigenvalue weighted by molar-refractivity contribution is 0.403. The van der Waals surface area contributed by atoms with Crippen LogP contribution < -0.4 is 9.46 Å². The predicted molar refractivity (Wildman–Crippen MR) is 102 cm³/mol. The van der Waals surface area contributed by atoms with Crippen LogP contribution in [0.5, 0.6) is 5.75 Å². The fourth-order valence-electron chi connectivity index (χ4n) is 2.12. The Bertz CT molecular complexity index is 861. The third-order valence-corrected chi connectivity index (χ3v) is 5.69. The molecule has 0 aromatic heterocycles. The van der Waals surface area contributed by atoms with E-state index in [1.165, 1.54) is 13.2 Å². The standard InChI is InChI=1S/C17H19BrClNO3S/c1-17(2,3)11-5-7-14(13(19)9-11)20-24(21,22)16-10-12(18)6-8-15(16)23-4/h5-10,20H,1-4H3. The average Bonchev–Trinajstić information content (AvgIpc) is 2.48. The van der Waals surface area contributed by atoms with E-state index in [4.69, 9.17) is 16.3 Å². The molecule has 0 atom stereocenters. The average molecular weight is 433 g/mol. The number of anilines is 1.